The van der Waals surface area contributed by atoms with Crippen LogP contribution in [0.1, 0.15) is 226 Å². The first kappa shape index (κ1) is 59.3. The molecule has 6 nitrogen and oxygen atoms in total. The van der Waals surface area contributed by atoms with Gasteiger partial charge in [-0.2, -0.15) is 0 Å². The molecule has 0 aliphatic carbocycles. The number of ether oxygens (including phenoxy) is 3. The van der Waals surface area contributed by atoms with E-state index in [2.05, 4.69) is 118 Å². The molecule has 0 fully saturated rings. The number of esters is 3. The Morgan fingerprint density at radius 2 is 0.619 bits per heavy atom. The predicted molar refractivity (Wildman–Crippen MR) is 270 cm³/mol. The zero-order valence-corrected chi connectivity index (χ0v) is 40.8. The molecule has 0 atom stereocenters. The van der Waals surface area contributed by atoms with Gasteiger partial charge in [0, 0.05) is 19.3 Å². The average molecular weight is 875 g/mol. The fraction of sp³-hybridized carbons (Fsp3) is 0.667. The summed E-state index contributed by atoms with van der Waals surface area (Å²) in [5.74, 6) is -0.949. The quantitative estimate of drug-likeness (QED) is 0.0262. The third kappa shape index (κ3) is 49.2. The van der Waals surface area contributed by atoms with Crippen LogP contribution in [0.4, 0.5) is 0 Å². The summed E-state index contributed by atoms with van der Waals surface area (Å²) in [5.41, 5.74) is 0. The number of hydrogen-bond donors (Lipinski definition) is 0. The van der Waals surface area contributed by atoms with Crippen LogP contribution in [0.15, 0.2) is 97.2 Å². The molecule has 0 saturated carbocycles. The van der Waals surface area contributed by atoms with Crippen LogP contribution in [-0.4, -0.2) is 37.2 Å². The minimum atomic E-state index is -0.800. The van der Waals surface area contributed by atoms with E-state index in [0.29, 0.717) is 19.3 Å². The molecule has 63 heavy (non-hydrogen) atoms. The summed E-state index contributed by atoms with van der Waals surface area (Å²) >= 11 is 0. The molecule has 0 spiro atoms. The van der Waals surface area contributed by atoms with Gasteiger partial charge in [-0.25, -0.2) is 0 Å². The second-order valence-corrected chi connectivity index (χ2v) is 16.7. The first-order valence-electron chi connectivity index (χ1n) is 25.7. The lowest BCUT2D eigenvalue weighted by Gasteiger charge is -2.18. The van der Waals surface area contributed by atoms with Crippen LogP contribution >= 0.6 is 0 Å². The molecule has 0 aliphatic rings. The number of carbonyl (C=O) groups is 3. The Morgan fingerprint density at radius 3 is 0.968 bits per heavy atom. The van der Waals surface area contributed by atoms with E-state index < -0.39 is 6.10 Å². The molecule has 0 aromatic rings. The van der Waals surface area contributed by atoms with E-state index in [0.717, 1.165) is 161 Å². The van der Waals surface area contributed by atoms with Crippen molar-refractivity contribution >= 4 is 17.9 Å². The van der Waals surface area contributed by atoms with E-state index in [1.807, 2.05) is 0 Å². The third-order valence-electron chi connectivity index (χ3n) is 10.6. The van der Waals surface area contributed by atoms with E-state index in [9.17, 15) is 14.4 Å². The summed E-state index contributed by atoms with van der Waals surface area (Å²) < 4.78 is 16.8. The molecule has 0 aliphatic heterocycles. The van der Waals surface area contributed by atoms with Gasteiger partial charge in [0.25, 0.3) is 0 Å². The smallest absolute Gasteiger partial charge is 0.306 e. The molecule has 358 valence electrons. The van der Waals surface area contributed by atoms with Crippen molar-refractivity contribution in [1.29, 1.82) is 0 Å². The molecule has 6 heteroatoms. The van der Waals surface area contributed by atoms with Crippen LogP contribution in [0.3, 0.4) is 0 Å². The number of carbonyl (C=O) groups excluding carboxylic acids is 3. The summed E-state index contributed by atoms with van der Waals surface area (Å²) in [6.45, 7) is 6.34. The molecular formula is C57H94O6. The molecule has 0 aromatic heterocycles. The summed E-state index contributed by atoms with van der Waals surface area (Å²) in [7, 11) is 0. The topological polar surface area (TPSA) is 78.9 Å². The molecule has 0 aromatic carbocycles. The zero-order valence-electron chi connectivity index (χ0n) is 40.8. The van der Waals surface area contributed by atoms with Gasteiger partial charge in [-0.3, -0.25) is 14.4 Å². The molecule has 0 N–H and O–H groups in total. The Kier molecular flexibility index (Phi) is 48.0. The summed E-state index contributed by atoms with van der Waals surface area (Å²) in [6.07, 6.45) is 66.7. The van der Waals surface area contributed by atoms with Crippen molar-refractivity contribution < 1.29 is 28.6 Å². The van der Waals surface area contributed by atoms with Gasteiger partial charge in [-0.15, -0.1) is 0 Å². The van der Waals surface area contributed by atoms with Gasteiger partial charge in [-0.1, -0.05) is 189 Å². The highest BCUT2D eigenvalue weighted by Gasteiger charge is 2.19. The summed E-state index contributed by atoms with van der Waals surface area (Å²) in [4.78, 5) is 38.0. The average Bonchev–Trinajstić information content (AvgIpc) is 3.28. The minimum absolute atomic E-state index is 0.0992. The maximum Gasteiger partial charge on any atom is 0.306 e. The SMILES string of the molecule is CC/C=C/C/C=C/C/C=C/CCCCCCCC(=O)OCC(COC(=O)CCCCCCC/C=C/C/C=C/C/C=C/CC)OC(=O)CCCCCCC/C=C\C/C=C\CCCCC. The maximum absolute atomic E-state index is 12.8. The molecule has 0 unspecified atom stereocenters. The highest BCUT2D eigenvalue weighted by atomic mass is 16.6. The lowest BCUT2D eigenvalue weighted by atomic mass is 10.1. The Balaban J connectivity index is 4.48. The Bertz CT molecular complexity index is 1210. The lowest BCUT2D eigenvalue weighted by molar-refractivity contribution is -0.167. The number of unbranched alkanes of at least 4 members (excludes halogenated alkanes) is 18. The van der Waals surface area contributed by atoms with Gasteiger partial charge in [0.2, 0.25) is 0 Å². The Labute approximate surface area is 387 Å². The molecule has 0 amide bonds. The van der Waals surface area contributed by atoms with Crippen LogP contribution in [-0.2, 0) is 28.6 Å². The van der Waals surface area contributed by atoms with Gasteiger partial charge >= 0.3 is 17.9 Å². The number of allylic oxidation sites excluding steroid dienone is 16. The molecule has 0 bridgehead atoms. The van der Waals surface area contributed by atoms with Crippen LogP contribution in [0.25, 0.3) is 0 Å². The Hall–Kier alpha value is -3.67. The Morgan fingerprint density at radius 1 is 0.333 bits per heavy atom. The fourth-order valence-electron chi connectivity index (χ4n) is 6.73. The number of rotatable bonds is 45. The largest absolute Gasteiger partial charge is 0.462 e. The van der Waals surface area contributed by atoms with Crippen molar-refractivity contribution in [3.63, 3.8) is 0 Å². The highest BCUT2D eigenvalue weighted by Crippen LogP contribution is 2.13. The molecule has 0 rings (SSSR count). The molecule has 0 radical (unpaired) electrons. The van der Waals surface area contributed by atoms with Gasteiger partial charge in [0.15, 0.2) is 6.10 Å². The van der Waals surface area contributed by atoms with Crippen molar-refractivity contribution in [3.05, 3.63) is 97.2 Å². The van der Waals surface area contributed by atoms with E-state index >= 15 is 0 Å². The van der Waals surface area contributed by atoms with Gasteiger partial charge in [0.1, 0.15) is 13.2 Å². The predicted octanol–water partition coefficient (Wildman–Crippen LogP) is 17.0. The molecule has 0 heterocycles. The summed E-state index contributed by atoms with van der Waals surface area (Å²) in [6, 6.07) is 0. The normalized spacial score (nSPS) is 12.4. The van der Waals surface area contributed by atoms with Crippen LogP contribution < -0.4 is 0 Å². The fourth-order valence-corrected chi connectivity index (χ4v) is 6.73. The minimum Gasteiger partial charge on any atom is -0.462 e. The van der Waals surface area contributed by atoms with Crippen molar-refractivity contribution in [1.82, 2.24) is 0 Å². The van der Waals surface area contributed by atoms with Crippen LogP contribution in [0.2, 0.25) is 0 Å². The van der Waals surface area contributed by atoms with Gasteiger partial charge in [0.05, 0.1) is 0 Å². The van der Waals surface area contributed by atoms with Crippen molar-refractivity contribution in [2.45, 2.75) is 232 Å². The van der Waals surface area contributed by atoms with E-state index in [1.165, 1.54) is 25.7 Å². The van der Waals surface area contributed by atoms with E-state index in [-0.39, 0.29) is 31.1 Å². The van der Waals surface area contributed by atoms with E-state index in [4.69, 9.17) is 14.2 Å². The van der Waals surface area contributed by atoms with Crippen molar-refractivity contribution in [2.75, 3.05) is 13.2 Å². The van der Waals surface area contributed by atoms with Gasteiger partial charge < -0.3 is 14.2 Å². The third-order valence-corrected chi connectivity index (χ3v) is 10.6. The monoisotopic (exact) mass is 875 g/mol. The van der Waals surface area contributed by atoms with Crippen molar-refractivity contribution in [2.24, 2.45) is 0 Å². The number of hydrogen-bond acceptors (Lipinski definition) is 6. The maximum atomic E-state index is 12.8. The second-order valence-electron chi connectivity index (χ2n) is 16.7. The lowest BCUT2D eigenvalue weighted by Crippen LogP contribution is -2.30. The molecule has 0 saturated heterocycles. The first-order chi connectivity index (χ1) is 31.0. The van der Waals surface area contributed by atoms with Crippen LogP contribution in [0, 0.1) is 0 Å². The summed E-state index contributed by atoms with van der Waals surface area (Å²) in [5, 5.41) is 0. The van der Waals surface area contributed by atoms with Gasteiger partial charge in [-0.05, 0) is 116 Å². The highest BCUT2D eigenvalue weighted by molar-refractivity contribution is 5.71. The first-order valence-corrected chi connectivity index (χ1v) is 25.7. The van der Waals surface area contributed by atoms with Crippen molar-refractivity contribution in [3.8, 4) is 0 Å². The second kappa shape index (κ2) is 51.0. The van der Waals surface area contributed by atoms with Crippen LogP contribution in [0.5, 0.6) is 0 Å². The standard InChI is InChI=1S/C57H94O6/c1-4-7-10-13-16-19-22-25-28-31-34-37-40-43-46-49-55(58)61-52-54(63-57(60)51-48-45-42-39-36-33-30-27-24-21-18-15-12-9-6-3)53-62-56(59)50-47-44-41-38-35-32-29-26-23-20-17-14-11-8-5-2/h7-8,10-11,16-21,25-30,54H,4-6,9,12-15,22-24,31-53H2,1-3H3/b10-7+,11-8+,19-16+,20-17+,21-18-,28-25+,29-26+,30-27-. The zero-order chi connectivity index (χ0) is 45.8. The van der Waals surface area contributed by atoms with E-state index in [1.54, 1.807) is 0 Å². The molecular weight excluding hydrogens is 781 g/mol.